The molecule has 1 rings (SSSR count). The Kier molecular flexibility index (Phi) is 5.22. The third-order valence-electron chi connectivity index (χ3n) is 2.22. The lowest BCUT2D eigenvalue weighted by Gasteiger charge is -2.15. The van der Waals surface area contributed by atoms with Gasteiger partial charge in [-0.05, 0) is 24.6 Å². The number of aliphatic hydroxyl groups is 1. The first kappa shape index (κ1) is 14.7. The molecule has 0 heterocycles. The van der Waals surface area contributed by atoms with E-state index in [2.05, 4.69) is 4.72 Å². The van der Waals surface area contributed by atoms with Gasteiger partial charge in [-0.25, -0.2) is 13.1 Å². The zero-order valence-corrected chi connectivity index (χ0v) is 11.5. The summed E-state index contributed by atoms with van der Waals surface area (Å²) >= 11 is 11.5. The van der Waals surface area contributed by atoms with Crippen LogP contribution in [0.1, 0.15) is 13.3 Å². The predicted octanol–water partition coefficient (Wildman–Crippen LogP) is 2.04. The molecule has 0 fully saturated rings. The molecular formula is C10H13Cl2NO3S. The lowest BCUT2D eigenvalue weighted by molar-refractivity contribution is 0.254. The average molecular weight is 298 g/mol. The maximum Gasteiger partial charge on any atom is 0.242 e. The van der Waals surface area contributed by atoms with Crippen LogP contribution < -0.4 is 4.72 Å². The Morgan fingerprint density at radius 1 is 1.41 bits per heavy atom. The first-order valence-electron chi connectivity index (χ1n) is 4.99. The van der Waals surface area contributed by atoms with Crippen LogP contribution in [0.5, 0.6) is 0 Å². The summed E-state index contributed by atoms with van der Waals surface area (Å²) in [7, 11) is -3.76. The molecule has 0 aromatic heterocycles. The Labute approximate surface area is 111 Å². The van der Waals surface area contributed by atoms with Gasteiger partial charge in [-0.1, -0.05) is 30.1 Å². The van der Waals surface area contributed by atoms with E-state index in [1.54, 1.807) is 6.92 Å². The largest absolute Gasteiger partial charge is 0.395 e. The fourth-order valence-electron chi connectivity index (χ4n) is 1.22. The molecule has 0 spiro atoms. The van der Waals surface area contributed by atoms with Crippen molar-refractivity contribution in [3.63, 3.8) is 0 Å². The van der Waals surface area contributed by atoms with Crippen LogP contribution in [0.25, 0.3) is 0 Å². The van der Waals surface area contributed by atoms with Crippen LogP contribution in [0.4, 0.5) is 0 Å². The van der Waals surface area contributed by atoms with E-state index in [1.165, 1.54) is 18.2 Å². The standard InChI is InChI=1S/C10H13Cl2NO3S/c1-2-8(6-14)13-17(15,16)10-5-7(11)3-4-9(10)12/h3-5,8,13-14H,2,6H2,1H3/t8-/m1/s1. The van der Waals surface area contributed by atoms with Gasteiger partial charge in [0, 0.05) is 11.1 Å². The molecule has 0 aliphatic rings. The van der Waals surface area contributed by atoms with E-state index in [0.29, 0.717) is 6.42 Å². The minimum atomic E-state index is -3.76. The number of sulfonamides is 1. The molecule has 1 aromatic carbocycles. The first-order chi connectivity index (χ1) is 7.90. The van der Waals surface area contributed by atoms with Gasteiger partial charge in [0.05, 0.1) is 11.6 Å². The zero-order chi connectivity index (χ0) is 13.1. The van der Waals surface area contributed by atoms with E-state index < -0.39 is 16.1 Å². The molecule has 1 aromatic rings. The van der Waals surface area contributed by atoms with E-state index in [4.69, 9.17) is 28.3 Å². The second-order valence-corrected chi connectivity index (χ2v) is 6.01. The molecule has 0 bridgehead atoms. The highest BCUT2D eigenvalue weighted by Crippen LogP contribution is 2.25. The van der Waals surface area contributed by atoms with Crippen LogP contribution in [0.3, 0.4) is 0 Å². The molecule has 17 heavy (non-hydrogen) atoms. The molecule has 0 aliphatic carbocycles. The summed E-state index contributed by atoms with van der Waals surface area (Å²) in [5, 5.41) is 9.35. The smallest absolute Gasteiger partial charge is 0.242 e. The minimum absolute atomic E-state index is 0.0847. The molecule has 96 valence electrons. The molecule has 0 saturated carbocycles. The number of rotatable bonds is 5. The van der Waals surface area contributed by atoms with Crippen LogP contribution in [0.2, 0.25) is 10.0 Å². The quantitative estimate of drug-likeness (QED) is 0.874. The van der Waals surface area contributed by atoms with E-state index >= 15 is 0 Å². The maximum atomic E-state index is 12.0. The van der Waals surface area contributed by atoms with Gasteiger partial charge in [0.2, 0.25) is 10.0 Å². The number of nitrogens with one attached hydrogen (secondary N) is 1. The zero-order valence-electron chi connectivity index (χ0n) is 9.15. The van der Waals surface area contributed by atoms with Crippen LogP contribution in [-0.2, 0) is 10.0 Å². The molecule has 0 saturated heterocycles. The first-order valence-corrected chi connectivity index (χ1v) is 7.23. The molecule has 0 radical (unpaired) electrons. The maximum absolute atomic E-state index is 12.0. The van der Waals surface area contributed by atoms with E-state index in [-0.39, 0.29) is 21.5 Å². The highest BCUT2D eigenvalue weighted by atomic mass is 35.5. The van der Waals surface area contributed by atoms with Gasteiger partial charge in [0.1, 0.15) is 4.90 Å². The van der Waals surface area contributed by atoms with E-state index in [1.807, 2.05) is 0 Å². The molecular weight excluding hydrogens is 285 g/mol. The Bertz CT molecular complexity index is 486. The lowest BCUT2D eigenvalue weighted by Crippen LogP contribution is -2.37. The molecule has 1 atom stereocenters. The number of hydrogen-bond donors (Lipinski definition) is 2. The normalized spacial score (nSPS) is 13.6. The number of halogens is 2. The van der Waals surface area contributed by atoms with Crippen LogP contribution in [0, 0.1) is 0 Å². The Hall–Kier alpha value is -0.330. The monoisotopic (exact) mass is 297 g/mol. The van der Waals surface area contributed by atoms with Crippen molar-refractivity contribution < 1.29 is 13.5 Å². The summed E-state index contributed by atoms with van der Waals surface area (Å²) in [4.78, 5) is -0.0847. The number of hydrogen-bond acceptors (Lipinski definition) is 3. The molecule has 0 aliphatic heterocycles. The fourth-order valence-corrected chi connectivity index (χ4v) is 3.29. The van der Waals surface area contributed by atoms with Crippen LogP contribution in [0.15, 0.2) is 23.1 Å². The van der Waals surface area contributed by atoms with Crippen molar-refractivity contribution >= 4 is 33.2 Å². The van der Waals surface area contributed by atoms with Gasteiger partial charge >= 0.3 is 0 Å². The van der Waals surface area contributed by atoms with Gasteiger partial charge in [0.25, 0.3) is 0 Å². The second kappa shape index (κ2) is 6.02. The Morgan fingerprint density at radius 3 is 2.59 bits per heavy atom. The summed E-state index contributed by atoms with van der Waals surface area (Å²) < 4.78 is 26.3. The molecule has 7 heteroatoms. The van der Waals surface area contributed by atoms with Crippen molar-refractivity contribution in [3.05, 3.63) is 28.2 Å². The van der Waals surface area contributed by atoms with Crippen molar-refractivity contribution in [2.45, 2.75) is 24.3 Å². The lowest BCUT2D eigenvalue weighted by atomic mass is 10.3. The van der Waals surface area contributed by atoms with Gasteiger partial charge in [-0.15, -0.1) is 0 Å². The van der Waals surface area contributed by atoms with E-state index in [0.717, 1.165) is 0 Å². The van der Waals surface area contributed by atoms with E-state index in [9.17, 15) is 8.42 Å². The third kappa shape index (κ3) is 3.82. The fraction of sp³-hybridized carbons (Fsp3) is 0.400. The van der Waals surface area contributed by atoms with Crippen LogP contribution in [-0.4, -0.2) is 26.2 Å². The van der Waals surface area contributed by atoms with Gasteiger partial charge in [0.15, 0.2) is 0 Å². The molecule has 2 N–H and O–H groups in total. The van der Waals surface area contributed by atoms with Crippen molar-refractivity contribution in [2.24, 2.45) is 0 Å². The number of benzene rings is 1. The second-order valence-electron chi connectivity index (χ2n) is 3.48. The summed E-state index contributed by atoms with van der Waals surface area (Å²) in [6, 6.07) is 3.66. The van der Waals surface area contributed by atoms with Crippen molar-refractivity contribution in [1.29, 1.82) is 0 Å². The highest BCUT2D eigenvalue weighted by Gasteiger charge is 2.21. The topological polar surface area (TPSA) is 66.4 Å². The Morgan fingerprint density at radius 2 is 2.06 bits per heavy atom. The predicted molar refractivity (Wildman–Crippen MR) is 67.9 cm³/mol. The average Bonchev–Trinajstić information content (AvgIpc) is 2.29. The minimum Gasteiger partial charge on any atom is -0.395 e. The summed E-state index contributed by atoms with van der Waals surface area (Å²) in [6.45, 7) is 1.50. The van der Waals surface area contributed by atoms with Gasteiger partial charge in [-0.3, -0.25) is 0 Å². The third-order valence-corrected chi connectivity index (χ3v) is 4.45. The molecule has 0 amide bonds. The van der Waals surface area contributed by atoms with Crippen LogP contribution >= 0.6 is 23.2 Å². The van der Waals surface area contributed by atoms with Gasteiger partial charge < -0.3 is 5.11 Å². The Balaban J connectivity index is 3.09. The molecule has 0 unspecified atom stereocenters. The highest BCUT2D eigenvalue weighted by molar-refractivity contribution is 7.89. The van der Waals surface area contributed by atoms with Crippen molar-refractivity contribution in [3.8, 4) is 0 Å². The summed E-state index contributed by atoms with van der Waals surface area (Å²) in [5.74, 6) is 0. The van der Waals surface area contributed by atoms with Crippen molar-refractivity contribution in [2.75, 3.05) is 6.61 Å². The van der Waals surface area contributed by atoms with Gasteiger partial charge in [-0.2, -0.15) is 0 Å². The molecule has 4 nitrogen and oxygen atoms in total. The van der Waals surface area contributed by atoms with Crippen molar-refractivity contribution in [1.82, 2.24) is 4.72 Å². The summed E-state index contributed by atoms with van der Waals surface area (Å²) in [5.41, 5.74) is 0. The SMILES string of the molecule is CC[C@H](CO)NS(=O)(=O)c1cc(Cl)ccc1Cl. The number of aliphatic hydroxyl groups excluding tert-OH is 1. The summed E-state index contributed by atoms with van der Waals surface area (Å²) in [6.07, 6.45) is 0.480.